The molecule has 1 nitrogen and oxygen atoms in total. The highest BCUT2D eigenvalue weighted by atomic mass is 19.1. The Morgan fingerprint density at radius 1 is 1.16 bits per heavy atom. The molecular formula is C17H28FN. The molecule has 2 unspecified atom stereocenters. The minimum absolute atomic E-state index is 0.148. The van der Waals surface area contributed by atoms with Gasteiger partial charge < -0.3 is 5.32 Å². The van der Waals surface area contributed by atoms with Gasteiger partial charge in [0.2, 0.25) is 0 Å². The first-order chi connectivity index (χ1) is 9.02. The van der Waals surface area contributed by atoms with Crippen LogP contribution in [0.5, 0.6) is 0 Å². The van der Waals surface area contributed by atoms with Gasteiger partial charge in [0.25, 0.3) is 0 Å². The lowest BCUT2D eigenvalue weighted by Gasteiger charge is -2.23. The average Bonchev–Trinajstić information content (AvgIpc) is 2.35. The Bertz CT molecular complexity index is 362. The van der Waals surface area contributed by atoms with Gasteiger partial charge in [-0.15, -0.1) is 0 Å². The second-order valence-electron chi connectivity index (χ2n) is 5.91. The lowest BCUT2D eigenvalue weighted by atomic mass is 10.0. The summed E-state index contributed by atoms with van der Waals surface area (Å²) < 4.78 is 13.3. The molecule has 0 saturated heterocycles. The lowest BCUT2D eigenvalue weighted by Crippen LogP contribution is -2.30. The largest absolute Gasteiger partial charge is 0.307 e. The molecule has 1 aromatic carbocycles. The van der Waals surface area contributed by atoms with Crippen LogP contribution in [-0.2, 0) is 0 Å². The molecule has 0 aromatic heterocycles. The van der Waals surface area contributed by atoms with Crippen molar-refractivity contribution in [2.75, 3.05) is 0 Å². The summed E-state index contributed by atoms with van der Waals surface area (Å²) in [5.41, 5.74) is 1.05. The van der Waals surface area contributed by atoms with Crippen molar-refractivity contribution >= 4 is 0 Å². The highest BCUT2D eigenvalue weighted by Gasteiger charge is 2.13. The molecule has 19 heavy (non-hydrogen) atoms. The smallest absolute Gasteiger partial charge is 0.123 e. The van der Waals surface area contributed by atoms with Gasteiger partial charge in [0, 0.05) is 12.1 Å². The SMILES string of the molecule is CCC(NC(C)CCCC(C)C)c1cccc(F)c1. The molecule has 0 spiro atoms. The Hall–Kier alpha value is -0.890. The zero-order chi connectivity index (χ0) is 14.3. The Morgan fingerprint density at radius 3 is 2.47 bits per heavy atom. The lowest BCUT2D eigenvalue weighted by molar-refractivity contribution is 0.403. The monoisotopic (exact) mass is 265 g/mol. The van der Waals surface area contributed by atoms with Crippen molar-refractivity contribution in [3.63, 3.8) is 0 Å². The van der Waals surface area contributed by atoms with E-state index in [4.69, 9.17) is 0 Å². The number of hydrogen-bond acceptors (Lipinski definition) is 1. The third kappa shape index (κ3) is 6.20. The molecule has 2 atom stereocenters. The number of halogens is 1. The van der Waals surface area contributed by atoms with Gasteiger partial charge in [-0.05, 0) is 43.4 Å². The summed E-state index contributed by atoms with van der Waals surface area (Å²) in [7, 11) is 0. The molecule has 0 bridgehead atoms. The summed E-state index contributed by atoms with van der Waals surface area (Å²) in [6, 6.07) is 7.67. The predicted octanol–water partition coefficient (Wildman–Crippen LogP) is 5.08. The van der Waals surface area contributed by atoms with Crippen LogP contribution in [-0.4, -0.2) is 6.04 Å². The van der Waals surface area contributed by atoms with E-state index in [2.05, 4.69) is 33.0 Å². The molecule has 1 N–H and O–H groups in total. The average molecular weight is 265 g/mol. The molecular weight excluding hydrogens is 237 g/mol. The second kappa shape index (κ2) is 8.31. The summed E-state index contributed by atoms with van der Waals surface area (Å²) in [6.07, 6.45) is 4.70. The maximum atomic E-state index is 13.3. The van der Waals surface area contributed by atoms with Crippen molar-refractivity contribution in [3.05, 3.63) is 35.6 Å². The van der Waals surface area contributed by atoms with E-state index in [0.29, 0.717) is 6.04 Å². The standard InChI is InChI=1S/C17H28FN/c1-5-17(15-10-7-11-16(18)12-15)19-14(4)9-6-8-13(2)3/h7,10-14,17,19H,5-6,8-9H2,1-4H3. The number of rotatable bonds is 8. The molecule has 0 heterocycles. The zero-order valence-corrected chi connectivity index (χ0v) is 12.7. The van der Waals surface area contributed by atoms with Crippen LogP contribution in [0.25, 0.3) is 0 Å². The quantitative estimate of drug-likeness (QED) is 0.691. The van der Waals surface area contributed by atoms with E-state index in [1.54, 1.807) is 12.1 Å². The summed E-state index contributed by atoms with van der Waals surface area (Å²) in [4.78, 5) is 0. The van der Waals surface area contributed by atoms with Crippen molar-refractivity contribution in [2.24, 2.45) is 5.92 Å². The molecule has 0 amide bonds. The Balaban J connectivity index is 2.47. The highest BCUT2D eigenvalue weighted by Crippen LogP contribution is 2.19. The van der Waals surface area contributed by atoms with Crippen LogP contribution in [0.2, 0.25) is 0 Å². The fourth-order valence-corrected chi connectivity index (χ4v) is 2.43. The molecule has 1 rings (SSSR count). The van der Waals surface area contributed by atoms with Crippen LogP contribution in [0.4, 0.5) is 4.39 Å². The van der Waals surface area contributed by atoms with Gasteiger partial charge in [-0.1, -0.05) is 45.7 Å². The highest BCUT2D eigenvalue weighted by molar-refractivity contribution is 5.20. The van der Waals surface area contributed by atoms with E-state index in [9.17, 15) is 4.39 Å². The van der Waals surface area contributed by atoms with E-state index < -0.39 is 0 Å². The van der Waals surface area contributed by atoms with Gasteiger partial charge in [0.15, 0.2) is 0 Å². The van der Waals surface area contributed by atoms with Crippen LogP contribution in [0.15, 0.2) is 24.3 Å². The molecule has 108 valence electrons. The second-order valence-corrected chi connectivity index (χ2v) is 5.91. The Morgan fingerprint density at radius 2 is 1.89 bits per heavy atom. The van der Waals surface area contributed by atoms with Crippen LogP contribution in [0.3, 0.4) is 0 Å². The maximum absolute atomic E-state index is 13.3. The predicted molar refractivity (Wildman–Crippen MR) is 80.7 cm³/mol. The van der Waals surface area contributed by atoms with E-state index >= 15 is 0 Å². The summed E-state index contributed by atoms with van der Waals surface area (Å²) in [5.74, 6) is 0.627. The number of benzene rings is 1. The first-order valence-electron chi connectivity index (χ1n) is 7.54. The van der Waals surface area contributed by atoms with Crippen LogP contribution in [0, 0.1) is 11.7 Å². The molecule has 0 aliphatic carbocycles. The molecule has 0 aliphatic rings. The number of nitrogens with one attached hydrogen (secondary N) is 1. The van der Waals surface area contributed by atoms with Gasteiger partial charge in [0.05, 0.1) is 0 Å². The molecule has 0 aliphatic heterocycles. The third-order valence-electron chi connectivity index (χ3n) is 3.56. The Kier molecular flexibility index (Phi) is 7.07. The van der Waals surface area contributed by atoms with Gasteiger partial charge in [-0.2, -0.15) is 0 Å². The van der Waals surface area contributed by atoms with Crippen molar-refractivity contribution in [1.29, 1.82) is 0 Å². The van der Waals surface area contributed by atoms with Crippen molar-refractivity contribution in [1.82, 2.24) is 5.32 Å². The normalized spacial score (nSPS) is 14.6. The minimum atomic E-state index is -0.148. The molecule has 0 fully saturated rings. The summed E-state index contributed by atoms with van der Waals surface area (Å²) in [6.45, 7) is 8.89. The number of hydrogen-bond donors (Lipinski definition) is 1. The molecule has 0 saturated carbocycles. The fourth-order valence-electron chi connectivity index (χ4n) is 2.43. The van der Waals surface area contributed by atoms with Crippen LogP contribution < -0.4 is 5.32 Å². The first-order valence-corrected chi connectivity index (χ1v) is 7.54. The van der Waals surface area contributed by atoms with Crippen molar-refractivity contribution < 1.29 is 4.39 Å². The molecule has 2 heteroatoms. The summed E-state index contributed by atoms with van der Waals surface area (Å²) >= 11 is 0. The van der Waals surface area contributed by atoms with Gasteiger partial charge in [-0.25, -0.2) is 4.39 Å². The Labute approximate surface area is 117 Å². The van der Waals surface area contributed by atoms with E-state index in [1.807, 2.05) is 6.07 Å². The third-order valence-corrected chi connectivity index (χ3v) is 3.56. The van der Waals surface area contributed by atoms with Gasteiger partial charge in [0.1, 0.15) is 5.82 Å². The van der Waals surface area contributed by atoms with E-state index in [0.717, 1.165) is 17.9 Å². The fraction of sp³-hybridized carbons (Fsp3) is 0.647. The maximum Gasteiger partial charge on any atom is 0.123 e. The van der Waals surface area contributed by atoms with Gasteiger partial charge in [-0.3, -0.25) is 0 Å². The van der Waals surface area contributed by atoms with E-state index in [1.165, 1.54) is 25.3 Å². The topological polar surface area (TPSA) is 12.0 Å². The van der Waals surface area contributed by atoms with Gasteiger partial charge >= 0.3 is 0 Å². The summed E-state index contributed by atoms with van der Waals surface area (Å²) in [5, 5.41) is 3.62. The van der Waals surface area contributed by atoms with E-state index in [-0.39, 0.29) is 11.9 Å². The zero-order valence-electron chi connectivity index (χ0n) is 12.7. The van der Waals surface area contributed by atoms with Crippen molar-refractivity contribution in [2.45, 2.75) is 65.5 Å². The first kappa shape index (κ1) is 16.2. The van der Waals surface area contributed by atoms with Crippen molar-refractivity contribution in [3.8, 4) is 0 Å². The van der Waals surface area contributed by atoms with Crippen LogP contribution >= 0.6 is 0 Å². The minimum Gasteiger partial charge on any atom is -0.307 e. The van der Waals surface area contributed by atoms with Crippen LogP contribution in [0.1, 0.15) is 65.0 Å². The molecule has 0 radical (unpaired) electrons. The molecule has 1 aromatic rings.